The molecule has 51 heavy (non-hydrogen) atoms. The van der Waals surface area contributed by atoms with Crippen LogP contribution < -0.4 is 0 Å². The first-order valence-corrected chi connectivity index (χ1v) is 18.0. The smallest absolute Gasteiger partial charge is 0.409 e. The number of nitrogens with zero attached hydrogens (tertiary/aromatic N) is 1. The molecular formula is C38H57NO12. The highest BCUT2D eigenvalue weighted by atomic mass is 16.6. The van der Waals surface area contributed by atoms with Gasteiger partial charge in [-0.05, 0) is 28.7 Å². The van der Waals surface area contributed by atoms with E-state index in [4.69, 9.17) is 47.4 Å². The van der Waals surface area contributed by atoms with Gasteiger partial charge < -0.3 is 52.3 Å². The molecule has 0 bridgehead atoms. The Labute approximate surface area is 302 Å². The number of likely N-dealkylation sites (N-methyl/N-ethyl adjacent to an activating group) is 1. The molecule has 2 aromatic carbocycles. The van der Waals surface area contributed by atoms with Crippen molar-refractivity contribution in [3.63, 3.8) is 0 Å². The molecule has 0 aromatic heterocycles. The normalized spacial score (nSPS) is 12.1. The predicted molar refractivity (Wildman–Crippen MR) is 190 cm³/mol. The van der Waals surface area contributed by atoms with Crippen LogP contribution in [0, 0.1) is 0 Å². The molecule has 13 heteroatoms. The van der Waals surface area contributed by atoms with E-state index in [0.717, 1.165) is 6.42 Å². The largest absolute Gasteiger partial charge is 0.463 e. The summed E-state index contributed by atoms with van der Waals surface area (Å²) in [5.41, 5.74) is 4.79. The first kappa shape index (κ1) is 42.3. The molecule has 13 nitrogen and oxygen atoms in total. The van der Waals surface area contributed by atoms with Crippen molar-refractivity contribution < 1.29 is 57.0 Å². The summed E-state index contributed by atoms with van der Waals surface area (Å²) in [7, 11) is 1.71. The minimum Gasteiger partial charge on any atom is -0.463 e. The minimum atomic E-state index is -0.367. The number of hydrogen-bond donors (Lipinski definition) is 0. The van der Waals surface area contributed by atoms with Gasteiger partial charge in [-0.25, -0.2) is 4.79 Å². The molecule has 0 saturated heterocycles. The molecule has 1 aliphatic rings. The number of rotatable bonds is 31. The van der Waals surface area contributed by atoms with E-state index in [1.165, 1.54) is 27.2 Å². The molecule has 0 spiro atoms. The summed E-state index contributed by atoms with van der Waals surface area (Å²) in [4.78, 5) is 25.3. The van der Waals surface area contributed by atoms with Crippen LogP contribution in [0.2, 0.25) is 0 Å². The van der Waals surface area contributed by atoms with Crippen molar-refractivity contribution in [1.82, 2.24) is 4.90 Å². The first-order chi connectivity index (χ1) is 25.1. The Balaban J connectivity index is 1.00. The van der Waals surface area contributed by atoms with Crippen molar-refractivity contribution in [3.8, 4) is 11.1 Å². The number of amides is 1. The lowest BCUT2D eigenvalue weighted by molar-refractivity contribution is -0.145. The number of carbonyl (C=O) groups is 2. The highest BCUT2D eigenvalue weighted by Crippen LogP contribution is 2.44. The number of fused-ring (bicyclic) bond motifs is 3. The Bertz CT molecular complexity index is 1170. The van der Waals surface area contributed by atoms with E-state index >= 15 is 0 Å². The molecule has 3 rings (SSSR count). The summed E-state index contributed by atoms with van der Waals surface area (Å²) >= 11 is 0. The Hall–Kier alpha value is -3.14. The molecule has 0 saturated carbocycles. The fraction of sp³-hybridized carbons (Fsp3) is 0.632. The van der Waals surface area contributed by atoms with Crippen LogP contribution in [0.5, 0.6) is 0 Å². The zero-order chi connectivity index (χ0) is 36.2. The van der Waals surface area contributed by atoms with E-state index in [1.54, 1.807) is 7.05 Å². The predicted octanol–water partition coefficient (Wildman–Crippen LogP) is 4.34. The molecule has 0 atom stereocenters. The van der Waals surface area contributed by atoms with Crippen molar-refractivity contribution in [3.05, 3.63) is 59.7 Å². The zero-order valence-electron chi connectivity index (χ0n) is 30.4. The van der Waals surface area contributed by atoms with E-state index < -0.39 is 0 Å². The van der Waals surface area contributed by atoms with E-state index in [1.807, 2.05) is 31.2 Å². The maximum Gasteiger partial charge on any atom is 0.409 e. The zero-order valence-corrected chi connectivity index (χ0v) is 30.4. The summed E-state index contributed by atoms with van der Waals surface area (Å²) in [5, 5.41) is 0. The molecule has 0 radical (unpaired) electrons. The van der Waals surface area contributed by atoms with Crippen LogP contribution in [0.3, 0.4) is 0 Å². The lowest BCUT2D eigenvalue weighted by Gasteiger charge is -2.19. The molecule has 0 heterocycles. The molecule has 0 N–H and O–H groups in total. The van der Waals surface area contributed by atoms with Crippen molar-refractivity contribution in [1.29, 1.82) is 0 Å². The van der Waals surface area contributed by atoms with Gasteiger partial charge in [-0.15, -0.1) is 0 Å². The summed E-state index contributed by atoms with van der Waals surface area (Å²) in [5.74, 6) is -0.155. The number of carbonyl (C=O) groups excluding carboxylic acids is 2. The van der Waals surface area contributed by atoms with E-state index in [2.05, 4.69) is 24.3 Å². The maximum absolute atomic E-state index is 12.6. The van der Waals surface area contributed by atoms with Crippen LogP contribution in [0.15, 0.2) is 48.5 Å². The maximum atomic E-state index is 12.6. The quantitative estimate of drug-likeness (QED) is 0.0812. The number of benzene rings is 2. The standard InChI is InChI=1S/C38H57NO12/c1-3-8-37(40)50-30-29-49-28-27-48-26-25-47-24-23-46-22-21-45-20-19-44-18-17-43-16-15-42-14-13-39(2)38(41)51-31-36-34-11-6-4-9-32(34)33-10-5-7-12-35(33)36/h4-7,9-12,36H,3,8,13-31H2,1-2H3. The Kier molecular flexibility index (Phi) is 22.8. The molecular weight excluding hydrogens is 662 g/mol. The summed E-state index contributed by atoms with van der Waals surface area (Å²) < 4.78 is 54.5. The van der Waals surface area contributed by atoms with Gasteiger partial charge in [-0.2, -0.15) is 0 Å². The number of ether oxygens (including phenoxy) is 10. The van der Waals surface area contributed by atoms with Crippen LogP contribution in [-0.2, 0) is 52.2 Å². The molecule has 286 valence electrons. The van der Waals surface area contributed by atoms with Crippen LogP contribution >= 0.6 is 0 Å². The van der Waals surface area contributed by atoms with Crippen LogP contribution in [0.4, 0.5) is 4.79 Å². The third-order valence-electron chi connectivity index (χ3n) is 7.77. The fourth-order valence-corrected chi connectivity index (χ4v) is 5.13. The van der Waals surface area contributed by atoms with Gasteiger partial charge in [0.25, 0.3) is 0 Å². The van der Waals surface area contributed by atoms with Gasteiger partial charge >= 0.3 is 12.1 Å². The van der Waals surface area contributed by atoms with Gasteiger partial charge in [0.05, 0.1) is 106 Å². The van der Waals surface area contributed by atoms with E-state index in [-0.39, 0.29) is 24.6 Å². The van der Waals surface area contributed by atoms with E-state index in [0.29, 0.717) is 125 Å². The van der Waals surface area contributed by atoms with Gasteiger partial charge in [0, 0.05) is 25.9 Å². The average molecular weight is 720 g/mol. The second kappa shape index (κ2) is 27.5. The van der Waals surface area contributed by atoms with Crippen LogP contribution in [-0.4, -0.2) is 149 Å². The van der Waals surface area contributed by atoms with Crippen molar-refractivity contribution >= 4 is 12.1 Å². The van der Waals surface area contributed by atoms with Crippen molar-refractivity contribution in [2.75, 3.05) is 133 Å². The second-order valence-corrected chi connectivity index (χ2v) is 11.6. The van der Waals surface area contributed by atoms with E-state index in [9.17, 15) is 9.59 Å². The second-order valence-electron chi connectivity index (χ2n) is 11.6. The van der Waals surface area contributed by atoms with Gasteiger partial charge in [0.2, 0.25) is 0 Å². The number of esters is 1. The SMILES string of the molecule is CCCC(=O)OCCOCCOCCOCCOCCOCCOCCOCCOCCN(C)C(=O)OCC1c2ccccc2-c2ccccc21. The Morgan fingerprint density at radius 1 is 0.529 bits per heavy atom. The molecule has 0 unspecified atom stereocenters. The Morgan fingerprint density at radius 2 is 0.902 bits per heavy atom. The lowest BCUT2D eigenvalue weighted by atomic mass is 9.98. The molecule has 0 aliphatic heterocycles. The first-order valence-electron chi connectivity index (χ1n) is 18.0. The topological polar surface area (TPSA) is 130 Å². The van der Waals surface area contributed by atoms with Crippen LogP contribution in [0.25, 0.3) is 11.1 Å². The monoisotopic (exact) mass is 719 g/mol. The number of hydrogen-bond acceptors (Lipinski definition) is 12. The average Bonchev–Trinajstić information content (AvgIpc) is 3.46. The van der Waals surface area contributed by atoms with Crippen LogP contribution in [0.1, 0.15) is 36.8 Å². The minimum absolute atomic E-state index is 0.0373. The molecule has 2 aromatic rings. The van der Waals surface area contributed by atoms with Crippen molar-refractivity contribution in [2.24, 2.45) is 0 Å². The lowest BCUT2D eigenvalue weighted by Crippen LogP contribution is -2.32. The van der Waals surface area contributed by atoms with Gasteiger partial charge in [0.1, 0.15) is 13.2 Å². The summed E-state index contributed by atoms with van der Waals surface area (Å²) in [6.45, 7) is 10.2. The highest BCUT2D eigenvalue weighted by molar-refractivity contribution is 5.79. The van der Waals surface area contributed by atoms with Gasteiger partial charge in [0.15, 0.2) is 0 Å². The third-order valence-corrected chi connectivity index (χ3v) is 7.77. The molecule has 1 amide bonds. The summed E-state index contributed by atoms with van der Waals surface area (Å²) in [6.07, 6.45) is 0.852. The Morgan fingerprint density at radius 3 is 1.31 bits per heavy atom. The fourth-order valence-electron chi connectivity index (χ4n) is 5.13. The highest BCUT2D eigenvalue weighted by Gasteiger charge is 2.29. The van der Waals surface area contributed by atoms with Gasteiger partial charge in [-0.3, -0.25) is 4.79 Å². The molecule has 1 aliphatic carbocycles. The third kappa shape index (κ3) is 17.8. The van der Waals surface area contributed by atoms with Crippen molar-refractivity contribution in [2.45, 2.75) is 25.7 Å². The van der Waals surface area contributed by atoms with Gasteiger partial charge in [-0.1, -0.05) is 55.5 Å². The molecule has 0 fully saturated rings. The summed E-state index contributed by atoms with van der Waals surface area (Å²) in [6, 6.07) is 16.6.